The quantitative estimate of drug-likeness (QED) is 0.576. The minimum Gasteiger partial charge on any atom is -0.266 e. The van der Waals surface area contributed by atoms with Crippen LogP contribution in [-0.2, 0) is 0 Å². The van der Waals surface area contributed by atoms with Gasteiger partial charge in [0.1, 0.15) is 4.88 Å². The Bertz CT molecular complexity index is 801. The second-order valence-corrected chi connectivity index (χ2v) is 8.31. The highest BCUT2D eigenvalue weighted by Gasteiger charge is 2.38. The number of hydrogen-bond donors (Lipinski definition) is 1. The molecule has 3 atom stereocenters. The van der Waals surface area contributed by atoms with Crippen molar-refractivity contribution in [1.82, 2.24) is 5.43 Å². The lowest BCUT2D eigenvalue weighted by molar-refractivity contribution is 0.0959. The normalized spacial score (nSPS) is 26.4. The molecule has 120 valence electrons. The van der Waals surface area contributed by atoms with Gasteiger partial charge in [-0.2, -0.15) is 5.10 Å². The first-order valence-corrected chi connectivity index (χ1v) is 9.40. The van der Waals surface area contributed by atoms with Gasteiger partial charge in [0.05, 0.1) is 5.02 Å². The van der Waals surface area contributed by atoms with Gasteiger partial charge in [-0.3, -0.25) is 4.79 Å². The molecule has 4 rings (SSSR count). The van der Waals surface area contributed by atoms with Crippen LogP contribution in [0.5, 0.6) is 0 Å². The number of hydrazone groups is 1. The summed E-state index contributed by atoms with van der Waals surface area (Å²) in [6, 6.07) is 5.44. The molecule has 0 aliphatic heterocycles. The van der Waals surface area contributed by atoms with E-state index in [1.807, 2.05) is 18.3 Å². The largest absolute Gasteiger partial charge is 0.282 e. The third kappa shape index (κ3) is 2.88. The van der Waals surface area contributed by atoms with Crippen molar-refractivity contribution in [2.24, 2.45) is 22.9 Å². The number of rotatable bonds is 3. The fourth-order valence-electron chi connectivity index (χ4n) is 3.90. The molecule has 0 radical (unpaired) electrons. The highest BCUT2D eigenvalue weighted by atomic mass is 35.5. The lowest BCUT2D eigenvalue weighted by Crippen LogP contribution is -2.19. The van der Waals surface area contributed by atoms with Gasteiger partial charge in [0, 0.05) is 21.3 Å². The minimum atomic E-state index is -0.258. The third-order valence-electron chi connectivity index (χ3n) is 5.02. The molecule has 1 amide bonds. The van der Waals surface area contributed by atoms with Crippen LogP contribution >= 0.6 is 34.5 Å². The van der Waals surface area contributed by atoms with Crippen LogP contribution in [0.3, 0.4) is 0 Å². The van der Waals surface area contributed by atoms with Crippen LogP contribution in [0, 0.1) is 17.8 Å². The van der Waals surface area contributed by atoms with E-state index in [0.29, 0.717) is 20.8 Å². The zero-order valence-corrected chi connectivity index (χ0v) is 14.7. The highest BCUT2D eigenvalue weighted by Crippen LogP contribution is 2.47. The second kappa shape index (κ2) is 6.08. The Labute approximate surface area is 148 Å². The van der Waals surface area contributed by atoms with Gasteiger partial charge in [-0.05, 0) is 49.1 Å². The highest BCUT2D eigenvalue weighted by molar-refractivity contribution is 7.21. The molecule has 0 saturated heterocycles. The molecule has 2 fully saturated rings. The number of carbonyl (C=O) groups is 1. The molecule has 0 unspecified atom stereocenters. The molecule has 23 heavy (non-hydrogen) atoms. The maximum atomic E-state index is 12.3. The van der Waals surface area contributed by atoms with E-state index >= 15 is 0 Å². The van der Waals surface area contributed by atoms with Crippen LogP contribution in [0.2, 0.25) is 10.0 Å². The van der Waals surface area contributed by atoms with Crippen LogP contribution in [0.25, 0.3) is 10.1 Å². The molecule has 2 bridgehead atoms. The van der Waals surface area contributed by atoms with Crippen molar-refractivity contribution in [2.75, 3.05) is 0 Å². The Morgan fingerprint density at radius 3 is 2.91 bits per heavy atom. The van der Waals surface area contributed by atoms with Crippen LogP contribution < -0.4 is 5.43 Å². The van der Waals surface area contributed by atoms with Gasteiger partial charge in [0.15, 0.2) is 0 Å². The van der Waals surface area contributed by atoms with Crippen molar-refractivity contribution in [1.29, 1.82) is 0 Å². The minimum absolute atomic E-state index is 0.258. The van der Waals surface area contributed by atoms with Gasteiger partial charge >= 0.3 is 0 Å². The summed E-state index contributed by atoms with van der Waals surface area (Å²) in [5.74, 6) is 1.89. The molecule has 1 N–H and O–H groups in total. The van der Waals surface area contributed by atoms with Gasteiger partial charge in [-0.25, -0.2) is 5.43 Å². The molecule has 2 saturated carbocycles. The lowest BCUT2D eigenvalue weighted by Gasteiger charge is -2.16. The van der Waals surface area contributed by atoms with Crippen molar-refractivity contribution in [3.8, 4) is 0 Å². The number of halogens is 2. The van der Waals surface area contributed by atoms with E-state index in [2.05, 4.69) is 10.5 Å². The number of thiophene rings is 1. The number of nitrogens with one attached hydrogen (secondary N) is 1. The molecule has 3 nitrogen and oxygen atoms in total. The fraction of sp³-hybridized carbons (Fsp3) is 0.412. The third-order valence-corrected chi connectivity index (χ3v) is 6.91. The zero-order chi connectivity index (χ0) is 16.0. The molecular weight excluding hydrogens is 351 g/mol. The predicted octanol–water partition coefficient (Wildman–Crippen LogP) is 5.36. The molecule has 2 aliphatic rings. The van der Waals surface area contributed by atoms with E-state index in [1.165, 1.54) is 37.0 Å². The van der Waals surface area contributed by atoms with E-state index in [4.69, 9.17) is 23.2 Å². The fourth-order valence-corrected chi connectivity index (χ4v) is 5.59. The van der Waals surface area contributed by atoms with Crippen LogP contribution in [-0.4, -0.2) is 12.1 Å². The lowest BCUT2D eigenvalue weighted by atomic mass is 9.90. The van der Waals surface area contributed by atoms with Gasteiger partial charge in [0.25, 0.3) is 5.91 Å². The Kier molecular flexibility index (Phi) is 4.08. The van der Waals surface area contributed by atoms with Crippen LogP contribution in [0.1, 0.15) is 35.4 Å². The van der Waals surface area contributed by atoms with Gasteiger partial charge in [-0.1, -0.05) is 35.7 Å². The predicted molar refractivity (Wildman–Crippen MR) is 96.7 cm³/mol. The van der Waals surface area contributed by atoms with Crippen molar-refractivity contribution in [3.05, 3.63) is 33.1 Å². The molecule has 1 heterocycles. The second-order valence-electron chi connectivity index (χ2n) is 6.44. The van der Waals surface area contributed by atoms with Gasteiger partial charge < -0.3 is 0 Å². The van der Waals surface area contributed by atoms with Crippen molar-refractivity contribution in [3.63, 3.8) is 0 Å². The number of hydrogen-bond acceptors (Lipinski definition) is 3. The molecule has 1 aromatic carbocycles. The topological polar surface area (TPSA) is 41.5 Å². The summed E-state index contributed by atoms with van der Waals surface area (Å²) in [5, 5.41) is 6.13. The molecule has 6 heteroatoms. The summed E-state index contributed by atoms with van der Waals surface area (Å²) in [5.41, 5.74) is 2.63. The number of nitrogens with zero attached hydrogens (tertiary/aromatic N) is 1. The van der Waals surface area contributed by atoms with Gasteiger partial charge in [0.2, 0.25) is 0 Å². The molecule has 2 aliphatic carbocycles. The maximum Gasteiger partial charge on any atom is 0.282 e. The van der Waals surface area contributed by atoms with Gasteiger partial charge in [-0.15, -0.1) is 11.3 Å². The first-order valence-electron chi connectivity index (χ1n) is 7.83. The van der Waals surface area contributed by atoms with E-state index < -0.39 is 0 Å². The average Bonchev–Trinajstić information content (AvgIpc) is 3.22. The summed E-state index contributed by atoms with van der Waals surface area (Å²) in [7, 11) is 0. The average molecular weight is 367 g/mol. The van der Waals surface area contributed by atoms with Crippen molar-refractivity contribution >= 4 is 56.7 Å². The van der Waals surface area contributed by atoms with Crippen LogP contribution in [0.15, 0.2) is 23.3 Å². The smallest absolute Gasteiger partial charge is 0.266 e. The van der Waals surface area contributed by atoms with Crippen molar-refractivity contribution in [2.45, 2.75) is 25.7 Å². The number of benzene rings is 1. The summed E-state index contributed by atoms with van der Waals surface area (Å²) in [6.45, 7) is 0. The van der Waals surface area contributed by atoms with E-state index in [1.54, 1.807) is 6.07 Å². The summed E-state index contributed by atoms with van der Waals surface area (Å²) >= 11 is 13.6. The number of fused-ring (bicyclic) bond motifs is 3. The molecule has 0 spiro atoms. The number of carbonyl (C=O) groups excluding carboxylic acids is 1. The summed E-state index contributed by atoms with van der Waals surface area (Å²) in [4.78, 5) is 12.8. The SMILES string of the molecule is O=C(N/N=C\[C@H]1C[C@H]2CC[C@@H]1C2)c1sc2cc(Cl)ccc2c1Cl. The Hall–Kier alpha value is -1.10. The van der Waals surface area contributed by atoms with E-state index in [-0.39, 0.29) is 5.91 Å². The standard InChI is InChI=1S/C17H16Cl2N2OS/c18-12-3-4-13-14(7-12)23-16(15(13)19)17(22)21-20-8-11-6-9-1-2-10(11)5-9/h3-4,7-11H,1-2,5-6H2,(H,21,22)/b20-8-/t9-,10+,11+/m0/s1. The Balaban J connectivity index is 1.48. The zero-order valence-electron chi connectivity index (χ0n) is 12.4. The summed E-state index contributed by atoms with van der Waals surface area (Å²) < 4.78 is 0.907. The van der Waals surface area contributed by atoms with Crippen molar-refractivity contribution < 1.29 is 4.79 Å². The number of amides is 1. The van der Waals surface area contributed by atoms with Crippen LogP contribution in [0.4, 0.5) is 0 Å². The summed E-state index contributed by atoms with van der Waals surface area (Å²) in [6.07, 6.45) is 7.12. The molecule has 1 aromatic heterocycles. The first-order chi connectivity index (χ1) is 11.1. The first kappa shape index (κ1) is 15.4. The molecular formula is C17H16Cl2N2OS. The Morgan fingerprint density at radius 2 is 2.17 bits per heavy atom. The monoisotopic (exact) mass is 366 g/mol. The Morgan fingerprint density at radius 1 is 1.30 bits per heavy atom. The van der Waals surface area contributed by atoms with E-state index in [9.17, 15) is 4.79 Å². The molecule has 2 aromatic rings. The van der Waals surface area contributed by atoms with E-state index in [0.717, 1.165) is 21.9 Å². The maximum absolute atomic E-state index is 12.3.